The first kappa shape index (κ1) is 11.9. The highest BCUT2D eigenvalue weighted by Gasteiger charge is 2.28. The number of hydrogen-bond acceptors (Lipinski definition) is 3. The van der Waals surface area contributed by atoms with Crippen LogP contribution < -0.4 is 5.73 Å². The lowest BCUT2D eigenvalue weighted by Crippen LogP contribution is -2.27. The van der Waals surface area contributed by atoms with Gasteiger partial charge in [0.1, 0.15) is 0 Å². The zero-order chi connectivity index (χ0) is 12.3. The summed E-state index contributed by atoms with van der Waals surface area (Å²) in [6, 6.07) is 8.55. The summed E-state index contributed by atoms with van der Waals surface area (Å²) in [6.07, 6.45) is 2.58. The van der Waals surface area contributed by atoms with Gasteiger partial charge in [-0.2, -0.15) is 0 Å². The second-order valence-corrected chi connectivity index (χ2v) is 4.44. The Labute approximate surface area is 102 Å². The third-order valence-corrected chi connectivity index (χ3v) is 3.24. The van der Waals surface area contributed by atoms with Crippen LogP contribution in [0.5, 0.6) is 0 Å². The Hall–Kier alpha value is -1.55. The van der Waals surface area contributed by atoms with Crippen LogP contribution in [0.15, 0.2) is 29.4 Å². The Morgan fingerprint density at radius 3 is 2.76 bits per heavy atom. The molecule has 0 saturated heterocycles. The van der Waals surface area contributed by atoms with Crippen molar-refractivity contribution in [2.75, 3.05) is 6.54 Å². The van der Waals surface area contributed by atoms with Crippen molar-refractivity contribution in [3.05, 3.63) is 35.4 Å². The van der Waals surface area contributed by atoms with Gasteiger partial charge in [0.25, 0.3) is 0 Å². The molecule has 1 fully saturated rings. The number of oxime groups is 1. The van der Waals surface area contributed by atoms with Crippen molar-refractivity contribution in [2.24, 2.45) is 10.9 Å². The summed E-state index contributed by atoms with van der Waals surface area (Å²) in [5.74, 6) is 0.187. The summed E-state index contributed by atoms with van der Waals surface area (Å²) >= 11 is 0. The van der Waals surface area contributed by atoms with Crippen molar-refractivity contribution in [1.82, 2.24) is 4.90 Å². The topological polar surface area (TPSA) is 61.8 Å². The number of hydrogen-bond donors (Lipinski definition) is 2. The van der Waals surface area contributed by atoms with Gasteiger partial charge in [-0.25, -0.2) is 0 Å². The maximum absolute atomic E-state index is 8.77. The lowest BCUT2D eigenvalue weighted by Gasteiger charge is -2.21. The second kappa shape index (κ2) is 5.19. The highest BCUT2D eigenvalue weighted by Crippen LogP contribution is 2.28. The Kier molecular flexibility index (Phi) is 3.64. The van der Waals surface area contributed by atoms with E-state index in [0.717, 1.165) is 30.3 Å². The lowest BCUT2D eigenvalue weighted by molar-refractivity contribution is 0.269. The summed E-state index contributed by atoms with van der Waals surface area (Å²) in [6.45, 7) is 4.08. The van der Waals surface area contributed by atoms with Crippen LogP contribution in [0.2, 0.25) is 0 Å². The van der Waals surface area contributed by atoms with Gasteiger partial charge < -0.3 is 10.9 Å². The molecular weight excluding hydrogens is 214 g/mol. The van der Waals surface area contributed by atoms with E-state index in [-0.39, 0.29) is 5.84 Å². The highest BCUT2D eigenvalue weighted by atomic mass is 16.4. The SMILES string of the molecule is CCN(Cc1ccccc1/C(N)=N/O)C1CC1. The molecule has 0 aliphatic heterocycles. The van der Waals surface area contributed by atoms with Crippen molar-refractivity contribution in [2.45, 2.75) is 32.4 Å². The number of nitrogens with zero attached hydrogens (tertiary/aromatic N) is 2. The van der Waals surface area contributed by atoms with Crippen molar-refractivity contribution >= 4 is 5.84 Å². The van der Waals surface area contributed by atoms with Gasteiger partial charge in [-0.05, 0) is 24.9 Å². The zero-order valence-electron chi connectivity index (χ0n) is 10.1. The van der Waals surface area contributed by atoms with Crippen LogP contribution in [0.25, 0.3) is 0 Å². The smallest absolute Gasteiger partial charge is 0.170 e. The van der Waals surface area contributed by atoms with E-state index in [4.69, 9.17) is 10.9 Å². The molecule has 0 spiro atoms. The van der Waals surface area contributed by atoms with E-state index in [0.29, 0.717) is 0 Å². The maximum Gasteiger partial charge on any atom is 0.170 e. The number of benzene rings is 1. The molecule has 0 bridgehead atoms. The molecule has 1 aromatic rings. The largest absolute Gasteiger partial charge is 0.409 e. The molecule has 2 rings (SSSR count). The highest BCUT2D eigenvalue weighted by molar-refractivity contribution is 5.98. The third-order valence-electron chi connectivity index (χ3n) is 3.24. The fourth-order valence-corrected chi connectivity index (χ4v) is 2.12. The second-order valence-electron chi connectivity index (χ2n) is 4.44. The van der Waals surface area contributed by atoms with Crippen LogP contribution in [-0.2, 0) is 6.54 Å². The average molecular weight is 233 g/mol. The van der Waals surface area contributed by atoms with Crippen LogP contribution in [0.1, 0.15) is 30.9 Å². The van der Waals surface area contributed by atoms with E-state index < -0.39 is 0 Å². The number of rotatable bonds is 5. The summed E-state index contributed by atoms with van der Waals surface area (Å²) in [7, 11) is 0. The fraction of sp³-hybridized carbons (Fsp3) is 0.462. The molecule has 0 unspecified atom stereocenters. The van der Waals surface area contributed by atoms with Gasteiger partial charge in [0.05, 0.1) is 0 Å². The first-order valence-corrected chi connectivity index (χ1v) is 6.06. The summed E-state index contributed by atoms with van der Waals surface area (Å²) in [5.41, 5.74) is 7.64. The van der Waals surface area contributed by atoms with Gasteiger partial charge in [-0.1, -0.05) is 36.3 Å². The Bertz CT molecular complexity index is 413. The molecule has 0 atom stereocenters. The minimum Gasteiger partial charge on any atom is -0.409 e. The Balaban J connectivity index is 2.19. The van der Waals surface area contributed by atoms with Crippen LogP contribution in [0, 0.1) is 0 Å². The summed E-state index contributed by atoms with van der Waals surface area (Å²) in [4.78, 5) is 2.43. The molecule has 0 radical (unpaired) electrons. The third kappa shape index (κ3) is 2.77. The molecule has 1 aromatic carbocycles. The molecule has 0 heterocycles. The van der Waals surface area contributed by atoms with E-state index in [1.54, 1.807) is 0 Å². The summed E-state index contributed by atoms with van der Waals surface area (Å²) < 4.78 is 0. The van der Waals surface area contributed by atoms with Gasteiger partial charge in [-0.3, -0.25) is 4.90 Å². The van der Waals surface area contributed by atoms with E-state index in [1.165, 1.54) is 12.8 Å². The molecule has 0 aromatic heterocycles. The monoisotopic (exact) mass is 233 g/mol. The van der Waals surface area contributed by atoms with Crippen molar-refractivity contribution < 1.29 is 5.21 Å². The lowest BCUT2D eigenvalue weighted by atomic mass is 10.1. The first-order valence-electron chi connectivity index (χ1n) is 6.06. The minimum absolute atomic E-state index is 0.187. The molecule has 0 amide bonds. The van der Waals surface area contributed by atoms with Crippen molar-refractivity contribution in [1.29, 1.82) is 0 Å². The number of nitrogens with two attached hydrogens (primary N) is 1. The maximum atomic E-state index is 8.77. The molecule has 1 aliphatic carbocycles. The predicted molar refractivity (Wildman–Crippen MR) is 68.1 cm³/mol. The van der Waals surface area contributed by atoms with Gasteiger partial charge >= 0.3 is 0 Å². The normalized spacial score (nSPS) is 16.5. The Morgan fingerprint density at radius 2 is 2.18 bits per heavy atom. The quantitative estimate of drug-likeness (QED) is 0.352. The zero-order valence-corrected chi connectivity index (χ0v) is 10.1. The van der Waals surface area contributed by atoms with E-state index in [9.17, 15) is 0 Å². The van der Waals surface area contributed by atoms with Crippen LogP contribution in [0.4, 0.5) is 0 Å². The molecule has 1 saturated carbocycles. The van der Waals surface area contributed by atoms with E-state index in [2.05, 4.69) is 17.0 Å². The first-order chi connectivity index (χ1) is 8.26. The molecule has 1 aliphatic rings. The minimum atomic E-state index is 0.187. The molecular formula is C13H19N3O. The molecule has 92 valence electrons. The van der Waals surface area contributed by atoms with Gasteiger partial charge in [0, 0.05) is 18.2 Å². The molecule has 4 heteroatoms. The standard InChI is InChI=1S/C13H19N3O/c1-2-16(11-7-8-11)9-10-5-3-4-6-12(10)13(14)15-17/h3-6,11,17H,2,7-9H2,1H3,(H2,14,15). The molecule has 4 nitrogen and oxygen atoms in total. The number of amidine groups is 1. The van der Waals surface area contributed by atoms with Crippen molar-refractivity contribution in [3.8, 4) is 0 Å². The van der Waals surface area contributed by atoms with Crippen LogP contribution in [0.3, 0.4) is 0 Å². The molecule has 17 heavy (non-hydrogen) atoms. The van der Waals surface area contributed by atoms with Crippen LogP contribution >= 0.6 is 0 Å². The molecule has 3 N–H and O–H groups in total. The van der Waals surface area contributed by atoms with E-state index in [1.807, 2.05) is 24.3 Å². The average Bonchev–Trinajstić information content (AvgIpc) is 3.19. The van der Waals surface area contributed by atoms with Gasteiger partial charge in [0.2, 0.25) is 0 Å². The van der Waals surface area contributed by atoms with Gasteiger partial charge in [-0.15, -0.1) is 0 Å². The van der Waals surface area contributed by atoms with Crippen LogP contribution in [-0.4, -0.2) is 28.5 Å². The fourth-order valence-electron chi connectivity index (χ4n) is 2.12. The predicted octanol–water partition coefficient (Wildman–Crippen LogP) is 1.77. The summed E-state index contributed by atoms with van der Waals surface area (Å²) in [5, 5.41) is 11.9. The van der Waals surface area contributed by atoms with E-state index >= 15 is 0 Å². The van der Waals surface area contributed by atoms with Gasteiger partial charge in [0.15, 0.2) is 5.84 Å². The Morgan fingerprint density at radius 1 is 1.47 bits per heavy atom. The van der Waals surface area contributed by atoms with Crippen molar-refractivity contribution in [3.63, 3.8) is 0 Å².